The zero-order valence-corrected chi connectivity index (χ0v) is 26.1. The van der Waals surface area contributed by atoms with Crippen molar-refractivity contribution in [1.82, 2.24) is 0 Å². The highest BCUT2D eigenvalue weighted by molar-refractivity contribution is 5.92. The second-order valence-corrected chi connectivity index (χ2v) is 13.2. The Kier molecular flexibility index (Phi) is 10.3. The average Bonchev–Trinajstić information content (AvgIpc) is 3.05. The lowest BCUT2D eigenvalue weighted by molar-refractivity contribution is -0.378. The van der Waals surface area contributed by atoms with Crippen LogP contribution in [0.15, 0.2) is 61.2 Å². The summed E-state index contributed by atoms with van der Waals surface area (Å²) in [5.41, 5.74) is 2.55. The van der Waals surface area contributed by atoms with Crippen LogP contribution >= 0.6 is 0 Å². The van der Waals surface area contributed by atoms with Crippen molar-refractivity contribution < 1.29 is 29.0 Å². The lowest BCUT2D eigenvalue weighted by Gasteiger charge is -2.37. The number of ether oxygens (including phenoxy) is 2. The van der Waals surface area contributed by atoms with Gasteiger partial charge in [0.25, 0.3) is 0 Å². The molecule has 0 saturated heterocycles. The predicted molar refractivity (Wildman–Crippen MR) is 166 cm³/mol. The summed E-state index contributed by atoms with van der Waals surface area (Å²) in [4.78, 5) is 32.8. The molecule has 2 aromatic heterocycles. The summed E-state index contributed by atoms with van der Waals surface area (Å²) in [7, 11) is 0. The van der Waals surface area contributed by atoms with Crippen LogP contribution in [0.25, 0.3) is 0 Å². The van der Waals surface area contributed by atoms with Gasteiger partial charge >= 0.3 is 11.9 Å². The van der Waals surface area contributed by atoms with Gasteiger partial charge < -0.3 is 9.47 Å². The van der Waals surface area contributed by atoms with E-state index in [4.69, 9.17) is 9.47 Å². The van der Waals surface area contributed by atoms with Crippen molar-refractivity contribution in [3.8, 4) is 11.5 Å². The molecular weight excluding hydrogens is 536 g/mol. The first-order chi connectivity index (χ1) is 20.9. The summed E-state index contributed by atoms with van der Waals surface area (Å²) in [6.45, 7) is 6.61. The Balaban J connectivity index is 1.54. The fourth-order valence-corrected chi connectivity index (χ4v) is 7.17. The van der Waals surface area contributed by atoms with Crippen LogP contribution in [0.2, 0.25) is 0 Å². The van der Waals surface area contributed by atoms with Crippen LogP contribution in [-0.4, -0.2) is 11.9 Å². The van der Waals surface area contributed by atoms with Crippen molar-refractivity contribution in [3.05, 3.63) is 83.4 Å². The minimum absolute atomic E-state index is 0.142. The molecule has 6 nitrogen and oxygen atoms in total. The smallest absolute Gasteiger partial charge is 0.349 e. The molecule has 6 heteroatoms. The highest BCUT2D eigenvalue weighted by atomic mass is 16.5. The molecule has 0 unspecified atom stereocenters. The third-order valence-corrected chi connectivity index (χ3v) is 9.83. The maximum absolute atomic E-state index is 13.4. The number of pyridine rings is 2. The number of rotatable bonds is 10. The second-order valence-electron chi connectivity index (χ2n) is 13.2. The Labute approximate surface area is 256 Å². The maximum Gasteiger partial charge on any atom is 0.349 e. The predicted octanol–water partition coefficient (Wildman–Crippen LogP) is 8.08. The summed E-state index contributed by atoms with van der Waals surface area (Å²) in [6.07, 6.45) is 21.0. The zero-order valence-electron chi connectivity index (χ0n) is 26.1. The Bertz CT molecular complexity index is 1280. The van der Waals surface area contributed by atoms with Gasteiger partial charge in [-0.2, -0.15) is 0 Å². The number of carbonyl (C=O) groups excluding carboxylic acids is 2. The summed E-state index contributed by atoms with van der Waals surface area (Å²) in [5, 5.41) is 0. The first kappa shape index (κ1) is 30.9. The van der Waals surface area contributed by atoms with E-state index in [1.54, 1.807) is 49.1 Å². The van der Waals surface area contributed by atoms with E-state index in [2.05, 4.69) is 30.7 Å². The molecule has 2 heterocycles. The topological polar surface area (TPSA) is 80.9 Å². The normalized spacial score (nSPS) is 19.5. The lowest BCUT2D eigenvalue weighted by atomic mass is 9.69. The van der Waals surface area contributed by atoms with Crippen LogP contribution in [-0.2, 0) is 5.41 Å². The summed E-state index contributed by atoms with van der Waals surface area (Å²) >= 11 is 0. The summed E-state index contributed by atoms with van der Waals surface area (Å²) < 4.78 is 12.5. The molecule has 0 atom stereocenters. The summed E-state index contributed by atoms with van der Waals surface area (Å²) in [6, 6.07) is 11.1. The Morgan fingerprint density at radius 1 is 0.791 bits per heavy atom. The van der Waals surface area contributed by atoms with Crippen LogP contribution in [0.4, 0.5) is 0 Å². The minimum Gasteiger partial charge on any atom is -0.422 e. The van der Waals surface area contributed by atoms with Gasteiger partial charge in [0.15, 0.2) is 24.8 Å². The third kappa shape index (κ3) is 7.70. The number of hydrogen-bond acceptors (Lipinski definition) is 4. The van der Waals surface area contributed by atoms with Crippen molar-refractivity contribution >= 4 is 11.9 Å². The molecule has 2 aliphatic rings. The number of benzene rings is 1. The van der Waals surface area contributed by atoms with Gasteiger partial charge in [-0.3, -0.25) is 0 Å². The number of hydrogen-bond donors (Lipinski definition) is 0. The molecule has 0 spiro atoms. The molecule has 2 N–H and O–H groups in total. The van der Waals surface area contributed by atoms with Crippen molar-refractivity contribution in [2.24, 2.45) is 11.8 Å². The number of aromatic nitrogens is 2. The van der Waals surface area contributed by atoms with Crippen molar-refractivity contribution in [2.75, 3.05) is 0 Å². The Morgan fingerprint density at radius 2 is 1.33 bits per heavy atom. The van der Waals surface area contributed by atoms with Gasteiger partial charge in [-0.05, 0) is 85.1 Å². The molecule has 5 rings (SSSR count). The van der Waals surface area contributed by atoms with E-state index in [1.807, 2.05) is 12.1 Å². The van der Waals surface area contributed by atoms with E-state index in [0.717, 1.165) is 67.9 Å². The highest BCUT2D eigenvalue weighted by Gasteiger charge is 2.34. The zero-order chi connectivity index (χ0) is 30.2. The molecule has 43 heavy (non-hydrogen) atoms. The van der Waals surface area contributed by atoms with Gasteiger partial charge in [-0.1, -0.05) is 65.7 Å². The van der Waals surface area contributed by atoms with Gasteiger partial charge in [0.2, 0.25) is 0 Å². The molecule has 2 fully saturated rings. The van der Waals surface area contributed by atoms with E-state index in [9.17, 15) is 9.59 Å². The van der Waals surface area contributed by atoms with Gasteiger partial charge in [0.1, 0.15) is 22.6 Å². The largest absolute Gasteiger partial charge is 0.422 e. The van der Waals surface area contributed by atoms with Gasteiger partial charge in [0, 0.05) is 17.7 Å². The molecule has 1 aromatic carbocycles. The number of aromatic amines is 2. The van der Waals surface area contributed by atoms with Gasteiger partial charge in [-0.25, -0.2) is 19.6 Å². The standard InChI is InChI=1S/C37H46N2O4/c1-4-5-19-37(2,3)31-22-32(42-35(40)29-13-9-20-38-24-29)34(33(23-31)43-36(41)30-14-10-21-39-25-30)28-17-15-27(16-18-28)26-11-7-6-8-12-26/h9-10,13-14,20-28H,4-8,11-12,15-19H2,1-3H3/p+2. The molecule has 2 aliphatic carbocycles. The van der Waals surface area contributed by atoms with E-state index >= 15 is 0 Å². The summed E-state index contributed by atoms with van der Waals surface area (Å²) in [5.74, 6) is 1.90. The lowest BCUT2D eigenvalue weighted by Crippen LogP contribution is -2.25. The van der Waals surface area contributed by atoms with Crippen molar-refractivity contribution in [3.63, 3.8) is 0 Å². The number of H-pyrrole nitrogens is 2. The van der Waals surface area contributed by atoms with Crippen LogP contribution in [0.1, 0.15) is 136 Å². The molecule has 0 radical (unpaired) electrons. The van der Waals surface area contributed by atoms with Crippen molar-refractivity contribution in [1.29, 1.82) is 0 Å². The second kappa shape index (κ2) is 14.3. The Morgan fingerprint density at radius 3 is 1.81 bits per heavy atom. The first-order valence-corrected chi connectivity index (χ1v) is 16.4. The first-order valence-electron chi connectivity index (χ1n) is 16.4. The van der Waals surface area contributed by atoms with E-state index < -0.39 is 11.9 Å². The fraction of sp³-hybridized carbons (Fsp3) is 0.514. The van der Waals surface area contributed by atoms with E-state index in [-0.39, 0.29) is 11.3 Å². The molecule has 228 valence electrons. The monoisotopic (exact) mass is 584 g/mol. The molecule has 0 aliphatic heterocycles. The molecule has 0 amide bonds. The number of carbonyl (C=O) groups is 2. The molecular formula is C37H48N2O4+2. The molecule has 2 saturated carbocycles. The molecule has 3 aromatic rings. The quantitative estimate of drug-likeness (QED) is 0.178. The Hall–Kier alpha value is -3.54. The maximum atomic E-state index is 13.4. The average molecular weight is 585 g/mol. The molecule has 0 bridgehead atoms. The van der Waals surface area contributed by atoms with Gasteiger partial charge in [-0.15, -0.1) is 0 Å². The van der Waals surface area contributed by atoms with Crippen LogP contribution < -0.4 is 19.4 Å². The van der Waals surface area contributed by atoms with E-state index in [1.165, 1.54) is 32.1 Å². The SMILES string of the molecule is CCCCC(C)(C)c1cc(OC(=O)c2ccc[nH+]c2)c(C2CCC(C3CCCCC3)CC2)c(OC(=O)c2ccc[nH+]c2)c1. The number of unbranched alkanes of at least 4 members (excludes halogenated alkanes) is 1. The minimum atomic E-state index is -0.424. The highest BCUT2D eigenvalue weighted by Crippen LogP contribution is 2.49. The van der Waals surface area contributed by atoms with Crippen LogP contribution in [0.3, 0.4) is 0 Å². The van der Waals surface area contributed by atoms with E-state index in [0.29, 0.717) is 22.6 Å². The number of esters is 2. The number of nitrogens with one attached hydrogen (secondary N) is 2. The van der Waals surface area contributed by atoms with Gasteiger partial charge in [0.05, 0.1) is 0 Å². The van der Waals surface area contributed by atoms with Crippen LogP contribution in [0.5, 0.6) is 11.5 Å². The third-order valence-electron chi connectivity index (χ3n) is 9.83. The van der Waals surface area contributed by atoms with Crippen molar-refractivity contribution in [2.45, 2.75) is 109 Å². The van der Waals surface area contributed by atoms with Crippen LogP contribution in [0, 0.1) is 11.8 Å². The fourth-order valence-electron chi connectivity index (χ4n) is 7.17.